The number of nitrogens with zero attached hydrogens (tertiary/aromatic N) is 3. The molecule has 0 saturated heterocycles. The van der Waals surface area contributed by atoms with E-state index >= 15 is 0 Å². The second-order valence-corrected chi connectivity index (χ2v) is 8.81. The molecule has 0 atom stereocenters. The minimum atomic E-state index is 0. The number of hydrogen-bond donors (Lipinski definition) is 3. The number of aromatic amines is 1. The Kier molecular flexibility index (Phi) is 7.22. The van der Waals surface area contributed by atoms with Gasteiger partial charge < -0.3 is 20.9 Å². The highest BCUT2D eigenvalue weighted by atomic mass is 15.2. The lowest BCUT2D eigenvalue weighted by Crippen LogP contribution is -2.23. The number of aromatic nitrogens is 3. The maximum absolute atomic E-state index is 5.61. The standard InChI is InChI=1S/C16H22N2.C10H12N4.3H2/c1-2-6-13(7-3-1)10-17-11-14-12-18-16-9-5-4-8-15(14)16;1-14(2)9-7-5-3-4-6-8(7)12-10(11)13-9;;;/h4-5,8-9,12-13,17-18H,1-3,6-7,10-11H2;3-6H,1-2H3,(H2,11,12,13);3*1H. The van der Waals surface area contributed by atoms with Gasteiger partial charge >= 0.3 is 0 Å². The van der Waals surface area contributed by atoms with Gasteiger partial charge in [0.15, 0.2) is 0 Å². The first-order valence-electron chi connectivity index (χ1n) is 11.6. The van der Waals surface area contributed by atoms with Gasteiger partial charge in [-0.15, -0.1) is 0 Å². The van der Waals surface area contributed by atoms with Crippen LogP contribution in [0, 0.1) is 5.92 Å². The number of hydrogen-bond acceptors (Lipinski definition) is 5. The first-order chi connectivity index (χ1) is 15.6. The summed E-state index contributed by atoms with van der Waals surface area (Å²) < 4.78 is 0. The van der Waals surface area contributed by atoms with E-state index in [1.807, 2.05) is 43.3 Å². The predicted octanol–water partition coefficient (Wildman–Crippen LogP) is 5.85. The molecule has 2 aromatic heterocycles. The molecule has 0 aliphatic heterocycles. The summed E-state index contributed by atoms with van der Waals surface area (Å²) >= 11 is 0. The summed E-state index contributed by atoms with van der Waals surface area (Å²) in [5.74, 6) is 2.07. The third-order valence-corrected chi connectivity index (χ3v) is 6.17. The van der Waals surface area contributed by atoms with Crippen molar-refractivity contribution in [3.8, 4) is 0 Å². The number of benzene rings is 2. The molecule has 2 heterocycles. The Balaban J connectivity index is 0.000000331. The number of H-pyrrole nitrogens is 1. The molecular formula is C26H40N6. The molecule has 5 rings (SSSR count). The van der Waals surface area contributed by atoms with Gasteiger partial charge in [-0.05, 0) is 49.1 Å². The van der Waals surface area contributed by atoms with Crippen molar-refractivity contribution in [1.82, 2.24) is 20.3 Å². The van der Waals surface area contributed by atoms with Gasteiger partial charge in [0.25, 0.3) is 0 Å². The number of nitrogens with one attached hydrogen (secondary N) is 2. The molecule has 6 heteroatoms. The average molecular weight is 437 g/mol. The van der Waals surface area contributed by atoms with Gasteiger partial charge in [-0.25, -0.2) is 4.98 Å². The van der Waals surface area contributed by atoms with E-state index < -0.39 is 0 Å². The van der Waals surface area contributed by atoms with Gasteiger partial charge in [-0.2, -0.15) is 4.98 Å². The minimum absolute atomic E-state index is 0. The van der Waals surface area contributed by atoms with Crippen LogP contribution in [0.5, 0.6) is 0 Å². The zero-order valence-electron chi connectivity index (χ0n) is 19.1. The molecule has 0 unspecified atom stereocenters. The molecule has 1 aliphatic rings. The average Bonchev–Trinajstić information content (AvgIpc) is 3.23. The molecule has 0 bridgehead atoms. The molecule has 1 aliphatic carbocycles. The van der Waals surface area contributed by atoms with Crippen LogP contribution in [0.1, 0.15) is 41.9 Å². The fraction of sp³-hybridized carbons (Fsp3) is 0.385. The highest BCUT2D eigenvalue weighted by molar-refractivity contribution is 5.90. The second-order valence-electron chi connectivity index (χ2n) is 8.81. The monoisotopic (exact) mass is 436 g/mol. The second kappa shape index (κ2) is 10.5. The molecule has 4 N–H and O–H groups in total. The SMILES string of the molecule is CN(C)c1nc(N)nc2ccccc12.[HH].[HH].[HH].c1ccc2c(CNCC3CCCCC3)c[nH]c2c1. The summed E-state index contributed by atoms with van der Waals surface area (Å²) in [6.07, 6.45) is 9.28. The maximum atomic E-state index is 5.61. The quantitative estimate of drug-likeness (QED) is 0.365. The number of fused-ring (bicyclic) bond motifs is 2. The summed E-state index contributed by atoms with van der Waals surface area (Å²) in [4.78, 5) is 13.6. The molecule has 174 valence electrons. The van der Waals surface area contributed by atoms with E-state index in [9.17, 15) is 0 Å². The van der Waals surface area contributed by atoms with E-state index in [2.05, 4.69) is 50.7 Å². The van der Waals surface area contributed by atoms with E-state index in [4.69, 9.17) is 5.73 Å². The van der Waals surface area contributed by atoms with Gasteiger partial charge in [0.2, 0.25) is 5.95 Å². The van der Waals surface area contributed by atoms with Crippen molar-refractivity contribution in [2.45, 2.75) is 38.6 Å². The number of rotatable bonds is 5. The van der Waals surface area contributed by atoms with Crippen LogP contribution in [0.25, 0.3) is 21.8 Å². The van der Waals surface area contributed by atoms with E-state index in [0.29, 0.717) is 5.95 Å². The topological polar surface area (TPSA) is 82.9 Å². The largest absolute Gasteiger partial charge is 0.368 e. The van der Waals surface area contributed by atoms with Crippen molar-refractivity contribution < 1.29 is 4.28 Å². The van der Waals surface area contributed by atoms with Crippen molar-refractivity contribution in [3.63, 3.8) is 0 Å². The molecule has 2 aromatic carbocycles. The van der Waals surface area contributed by atoms with Crippen molar-refractivity contribution in [1.29, 1.82) is 0 Å². The van der Waals surface area contributed by atoms with Crippen molar-refractivity contribution in [2.24, 2.45) is 5.92 Å². The van der Waals surface area contributed by atoms with Crippen LogP contribution in [-0.4, -0.2) is 35.6 Å². The maximum Gasteiger partial charge on any atom is 0.222 e. The molecule has 0 amide bonds. The Hall–Kier alpha value is -3.12. The molecule has 0 radical (unpaired) electrons. The van der Waals surface area contributed by atoms with Gasteiger partial charge in [0, 0.05) is 47.4 Å². The van der Waals surface area contributed by atoms with Gasteiger partial charge in [0.05, 0.1) is 5.52 Å². The summed E-state index contributed by atoms with van der Waals surface area (Å²) in [7, 11) is 3.88. The summed E-state index contributed by atoms with van der Waals surface area (Å²) in [6, 6.07) is 16.4. The first-order valence-corrected chi connectivity index (χ1v) is 11.6. The smallest absolute Gasteiger partial charge is 0.222 e. The molecular weight excluding hydrogens is 396 g/mol. The van der Waals surface area contributed by atoms with Crippen LogP contribution in [0.2, 0.25) is 0 Å². The lowest BCUT2D eigenvalue weighted by Gasteiger charge is -2.21. The Morgan fingerprint density at radius 3 is 2.50 bits per heavy atom. The molecule has 1 fully saturated rings. The highest BCUT2D eigenvalue weighted by Gasteiger charge is 2.13. The number of nitrogen functional groups attached to an aromatic ring is 1. The fourth-order valence-electron chi connectivity index (χ4n) is 4.50. The van der Waals surface area contributed by atoms with E-state index in [0.717, 1.165) is 29.2 Å². The molecule has 0 spiro atoms. The first kappa shape index (κ1) is 22.1. The molecule has 32 heavy (non-hydrogen) atoms. The zero-order valence-corrected chi connectivity index (χ0v) is 19.1. The fourth-order valence-corrected chi connectivity index (χ4v) is 4.50. The van der Waals surface area contributed by atoms with E-state index in [1.165, 1.54) is 55.1 Å². The summed E-state index contributed by atoms with van der Waals surface area (Å²) in [5, 5.41) is 6.00. The summed E-state index contributed by atoms with van der Waals surface area (Å²) in [5.41, 5.74) is 9.12. The van der Waals surface area contributed by atoms with Gasteiger partial charge in [-0.3, -0.25) is 0 Å². The van der Waals surface area contributed by atoms with Crippen molar-refractivity contribution in [2.75, 3.05) is 31.3 Å². The number of para-hydroxylation sites is 2. The third kappa shape index (κ3) is 5.37. The molecule has 1 saturated carbocycles. The van der Waals surface area contributed by atoms with Crippen molar-refractivity contribution in [3.05, 3.63) is 60.3 Å². The molecule has 6 nitrogen and oxygen atoms in total. The third-order valence-electron chi connectivity index (χ3n) is 6.17. The lowest BCUT2D eigenvalue weighted by molar-refractivity contribution is 0.342. The van der Waals surface area contributed by atoms with Crippen LogP contribution < -0.4 is 16.0 Å². The number of nitrogens with two attached hydrogens (primary N) is 1. The lowest BCUT2D eigenvalue weighted by atomic mass is 9.89. The van der Waals surface area contributed by atoms with Gasteiger partial charge in [-0.1, -0.05) is 49.6 Å². The Labute approximate surface area is 194 Å². The van der Waals surface area contributed by atoms with Crippen LogP contribution >= 0.6 is 0 Å². The summed E-state index contributed by atoms with van der Waals surface area (Å²) in [6.45, 7) is 2.17. The highest BCUT2D eigenvalue weighted by Crippen LogP contribution is 2.24. The van der Waals surface area contributed by atoms with Crippen LogP contribution in [0.4, 0.5) is 11.8 Å². The van der Waals surface area contributed by atoms with Crippen molar-refractivity contribution >= 4 is 33.6 Å². The molecule has 4 aromatic rings. The predicted molar refractivity (Wildman–Crippen MR) is 141 cm³/mol. The van der Waals surface area contributed by atoms with Crippen LogP contribution in [0.15, 0.2) is 54.7 Å². The Bertz CT molecular complexity index is 1160. The number of anilines is 2. The zero-order chi connectivity index (χ0) is 22.3. The van der Waals surface area contributed by atoms with E-state index in [1.54, 1.807) is 0 Å². The Morgan fingerprint density at radius 2 is 1.72 bits per heavy atom. The van der Waals surface area contributed by atoms with Crippen LogP contribution in [-0.2, 0) is 6.54 Å². The Morgan fingerprint density at radius 1 is 1.00 bits per heavy atom. The van der Waals surface area contributed by atoms with Crippen LogP contribution in [0.3, 0.4) is 0 Å². The van der Waals surface area contributed by atoms with Gasteiger partial charge in [0.1, 0.15) is 5.82 Å². The normalized spacial score (nSPS) is 14.3. The van der Waals surface area contributed by atoms with E-state index in [-0.39, 0.29) is 4.28 Å². The minimum Gasteiger partial charge on any atom is -0.368 e.